The van der Waals surface area contributed by atoms with Crippen LogP contribution in [-0.4, -0.2) is 21.8 Å². The van der Waals surface area contributed by atoms with Crippen LogP contribution in [0.1, 0.15) is 17.4 Å². The lowest BCUT2D eigenvalue weighted by Gasteiger charge is -2.05. The molecule has 0 radical (unpaired) electrons. The Bertz CT molecular complexity index is 422. The molecule has 0 aliphatic heterocycles. The van der Waals surface area contributed by atoms with Crippen LogP contribution < -0.4 is 0 Å². The predicted molar refractivity (Wildman–Crippen MR) is 50.3 cm³/mol. The molecule has 0 spiro atoms. The lowest BCUT2D eigenvalue weighted by molar-refractivity contribution is -0.139. The molecule has 0 aromatic carbocycles. The highest BCUT2D eigenvalue weighted by molar-refractivity contribution is 6.30. The first kappa shape index (κ1) is 11.6. The Labute approximate surface area is 89.7 Å². The summed E-state index contributed by atoms with van der Waals surface area (Å²) >= 11 is 5.43. The van der Waals surface area contributed by atoms with Gasteiger partial charge in [-0.15, -0.1) is 0 Å². The van der Waals surface area contributed by atoms with Crippen LogP contribution >= 0.6 is 11.6 Å². The van der Waals surface area contributed by atoms with E-state index in [1.165, 1.54) is 6.92 Å². The van der Waals surface area contributed by atoms with Crippen molar-refractivity contribution in [2.75, 3.05) is 0 Å². The van der Waals surface area contributed by atoms with Crippen molar-refractivity contribution in [3.8, 4) is 0 Å². The molecule has 4 nitrogen and oxygen atoms in total. The van der Waals surface area contributed by atoms with Gasteiger partial charge in [0.05, 0.1) is 5.02 Å². The topological polar surface area (TPSA) is 67.3 Å². The van der Waals surface area contributed by atoms with Crippen LogP contribution in [-0.2, 0) is 4.79 Å². The smallest absolute Gasteiger partial charge is 0.314 e. The van der Waals surface area contributed by atoms with Gasteiger partial charge in [0.1, 0.15) is 11.6 Å². The maximum Gasteiger partial charge on any atom is 0.314 e. The van der Waals surface area contributed by atoms with Gasteiger partial charge in [0.15, 0.2) is 11.6 Å². The van der Waals surface area contributed by atoms with Gasteiger partial charge in [-0.05, 0) is 13.0 Å². The molecule has 0 aliphatic carbocycles. The van der Waals surface area contributed by atoms with Crippen molar-refractivity contribution in [1.29, 1.82) is 0 Å². The lowest BCUT2D eigenvalue weighted by atomic mass is 10.0. The van der Waals surface area contributed by atoms with Crippen molar-refractivity contribution in [2.45, 2.75) is 6.92 Å². The number of halogens is 2. The van der Waals surface area contributed by atoms with Gasteiger partial charge in [-0.2, -0.15) is 0 Å². The van der Waals surface area contributed by atoms with Crippen molar-refractivity contribution < 1.29 is 19.1 Å². The molecule has 80 valence electrons. The summed E-state index contributed by atoms with van der Waals surface area (Å²) in [6.07, 6.45) is 1.09. The zero-order chi connectivity index (χ0) is 11.6. The standard InChI is InChI=1S/C9H7ClFNO3/c1-4(9(14)15)8(13)7-6(11)2-5(10)3-12-7/h2-4H,1H3,(H,14,15). The number of rotatable bonds is 3. The number of carbonyl (C=O) groups excluding carboxylic acids is 1. The minimum Gasteiger partial charge on any atom is -0.481 e. The second kappa shape index (κ2) is 4.35. The minimum atomic E-state index is -1.33. The second-order valence-corrected chi connectivity index (χ2v) is 3.34. The SMILES string of the molecule is CC(C(=O)O)C(=O)c1ncc(Cl)cc1F. The molecule has 15 heavy (non-hydrogen) atoms. The molecule has 0 bridgehead atoms. The Morgan fingerprint density at radius 2 is 2.20 bits per heavy atom. The average molecular weight is 232 g/mol. The fourth-order valence-electron chi connectivity index (χ4n) is 0.913. The Hall–Kier alpha value is -1.49. The Morgan fingerprint density at radius 3 is 2.67 bits per heavy atom. The maximum absolute atomic E-state index is 13.2. The number of ketones is 1. The summed E-state index contributed by atoms with van der Waals surface area (Å²) in [6.45, 7) is 1.17. The van der Waals surface area contributed by atoms with E-state index in [0.29, 0.717) is 0 Å². The van der Waals surface area contributed by atoms with Crippen LogP contribution in [0.25, 0.3) is 0 Å². The third-order valence-corrected chi connectivity index (χ3v) is 2.01. The van der Waals surface area contributed by atoms with Crippen molar-refractivity contribution >= 4 is 23.4 Å². The molecular weight excluding hydrogens is 225 g/mol. The molecular formula is C9H7ClFNO3. The molecule has 1 unspecified atom stereocenters. The van der Waals surface area contributed by atoms with Crippen molar-refractivity contribution in [2.24, 2.45) is 5.92 Å². The van der Waals surface area contributed by atoms with Crippen molar-refractivity contribution in [3.05, 3.63) is 28.8 Å². The van der Waals surface area contributed by atoms with E-state index in [9.17, 15) is 14.0 Å². The number of hydrogen-bond donors (Lipinski definition) is 1. The fourth-order valence-corrected chi connectivity index (χ4v) is 1.06. The average Bonchev–Trinajstić information content (AvgIpc) is 2.15. The number of carboxylic acid groups (broad SMARTS) is 1. The Balaban J connectivity index is 3.07. The number of aliphatic carboxylic acids is 1. The highest BCUT2D eigenvalue weighted by Gasteiger charge is 2.25. The van der Waals surface area contributed by atoms with Gasteiger partial charge in [0.25, 0.3) is 0 Å². The highest BCUT2D eigenvalue weighted by atomic mass is 35.5. The first-order chi connectivity index (χ1) is 6.93. The monoisotopic (exact) mass is 231 g/mol. The number of Topliss-reactive ketones (excluding diaryl/α,β-unsaturated/α-hetero) is 1. The summed E-state index contributed by atoms with van der Waals surface area (Å²) < 4.78 is 13.2. The van der Waals surface area contributed by atoms with Gasteiger partial charge >= 0.3 is 5.97 Å². The van der Waals surface area contributed by atoms with E-state index in [1.54, 1.807) is 0 Å². The number of carbonyl (C=O) groups is 2. The number of pyridine rings is 1. The van der Waals surface area contributed by atoms with Gasteiger partial charge in [0.2, 0.25) is 0 Å². The first-order valence-electron chi connectivity index (χ1n) is 4.01. The number of nitrogens with zero attached hydrogens (tertiary/aromatic N) is 1. The summed E-state index contributed by atoms with van der Waals surface area (Å²) in [5.74, 6) is -4.44. The predicted octanol–water partition coefficient (Wildman–Crippen LogP) is 1.78. The molecule has 1 N–H and O–H groups in total. The largest absolute Gasteiger partial charge is 0.481 e. The van der Waals surface area contributed by atoms with E-state index in [4.69, 9.17) is 16.7 Å². The maximum atomic E-state index is 13.2. The van der Waals surface area contributed by atoms with Crippen molar-refractivity contribution in [3.63, 3.8) is 0 Å². The van der Waals surface area contributed by atoms with Gasteiger partial charge in [-0.3, -0.25) is 9.59 Å². The van der Waals surface area contributed by atoms with E-state index in [1.807, 2.05) is 0 Å². The third kappa shape index (κ3) is 2.50. The summed E-state index contributed by atoms with van der Waals surface area (Å²) in [5.41, 5.74) is -0.505. The third-order valence-electron chi connectivity index (χ3n) is 1.80. The fraction of sp³-hybridized carbons (Fsp3) is 0.222. The summed E-state index contributed by atoms with van der Waals surface area (Å²) in [5, 5.41) is 8.61. The van der Waals surface area contributed by atoms with Crippen LogP contribution in [0.15, 0.2) is 12.3 Å². The molecule has 0 amide bonds. The number of carboxylic acids is 1. The molecule has 0 saturated carbocycles. The molecule has 0 fully saturated rings. The van der Waals surface area contributed by atoms with Crippen LogP contribution in [0, 0.1) is 11.7 Å². The zero-order valence-electron chi connectivity index (χ0n) is 7.70. The van der Waals surface area contributed by atoms with Crippen LogP contribution in [0.4, 0.5) is 4.39 Å². The highest BCUT2D eigenvalue weighted by Crippen LogP contribution is 2.15. The summed E-state index contributed by atoms with van der Waals surface area (Å²) in [4.78, 5) is 25.3. The summed E-state index contributed by atoms with van der Waals surface area (Å²) in [6, 6.07) is 0.913. The lowest BCUT2D eigenvalue weighted by Crippen LogP contribution is -2.22. The van der Waals surface area contributed by atoms with Crippen LogP contribution in [0.2, 0.25) is 5.02 Å². The molecule has 1 heterocycles. The molecule has 1 atom stereocenters. The van der Waals surface area contributed by atoms with E-state index in [-0.39, 0.29) is 5.02 Å². The molecule has 1 aromatic rings. The number of hydrogen-bond acceptors (Lipinski definition) is 3. The van der Waals surface area contributed by atoms with E-state index in [2.05, 4.69) is 4.98 Å². The van der Waals surface area contributed by atoms with Gasteiger partial charge < -0.3 is 5.11 Å². The quantitative estimate of drug-likeness (QED) is 0.636. The molecule has 6 heteroatoms. The van der Waals surface area contributed by atoms with Gasteiger partial charge in [-0.1, -0.05) is 11.6 Å². The molecule has 0 aliphatic rings. The van der Waals surface area contributed by atoms with Crippen LogP contribution in [0.5, 0.6) is 0 Å². The Kier molecular flexibility index (Phi) is 3.36. The zero-order valence-corrected chi connectivity index (χ0v) is 8.45. The Morgan fingerprint density at radius 1 is 1.60 bits per heavy atom. The van der Waals surface area contributed by atoms with Gasteiger partial charge in [0, 0.05) is 6.20 Å². The molecule has 1 rings (SSSR count). The molecule has 1 aromatic heterocycles. The minimum absolute atomic E-state index is 0.0482. The number of aromatic nitrogens is 1. The van der Waals surface area contributed by atoms with Crippen LogP contribution in [0.3, 0.4) is 0 Å². The van der Waals surface area contributed by atoms with Gasteiger partial charge in [-0.25, -0.2) is 9.37 Å². The second-order valence-electron chi connectivity index (χ2n) is 2.91. The van der Waals surface area contributed by atoms with Crippen molar-refractivity contribution in [1.82, 2.24) is 4.98 Å². The summed E-state index contributed by atoms with van der Waals surface area (Å²) in [7, 11) is 0. The van der Waals surface area contributed by atoms with E-state index < -0.39 is 29.2 Å². The normalized spacial score (nSPS) is 12.2. The molecule has 0 saturated heterocycles. The first-order valence-corrected chi connectivity index (χ1v) is 4.39. The van der Waals surface area contributed by atoms with E-state index in [0.717, 1.165) is 12.3 Å². The van der Waals surface area contributed by atoms with E-state index >= 15 is 0 Å².